The van der Waals surface area contributed by atoms with E-state index in [2.05, 4.69) is 19.2 Å². The van der Waals surface area contributed by atoms with Crippen LogP contribution in [0.3, 0.4) is 0 Å². The Morgan fingerprint density at radius 3 is 2.21 bits per heavy atom. The molecular formula is C24H33NO4. The summed E-state index contributed by atoms with van der Waals surface area (Å²) in [4.78, 5) is 25.0. The van der Waals surface area contributed by atoms with Gasteiger partial charge in [0, 0.05) is 5.54 Å². The summed E-state index contributed by atoms with van der Waals surface area (Å²) in [6.45, 7) is 5.61. The van der Waals surface area contributed by atoms with Gasteiger partial charge in [-0.3, -0.25) is 4.79 Å². The molecule has 158 valence electrons. The van der Waals surface area contributed by atoms with Crippen molar-refractivity contribution in [2.45, 2.75) is 76.9 Å². The van der Waals surface area contributed by atoms with Crippen LogP contribution in [0.5, 0.6) is 5.75 Å². The van der Waals surface area contributed by atoms with Crippen molar-refractivity contribution in [1.82, 2.24) is 5.32 Å². The second-order valence-electron chi connectivity index (χ2n) is 9.80. The third kappa shape index (κ3) is 4.44. The van der Waals surface area contributed by atoms with Crippen LogP contribution < -0.4 is 10.1 Å². The Bertz CT molecular complexity index is 737. The van der Waals surface area contributed by atoms with E-state index in [1.165, 1.54) is 19.3 Å². The van der Waals surface area contributed by atoms with Crippen LogP contribution in [0.15, 0.2) is 24.3 Å². The van der Waals surface area contributed by atoms with Gasteiger partial charge in [0.25, 0.3) is 5.91 Å². The molecule has 1 atom stereocenters. The molecule has 1 aromatic carbocycles. The van der Waals surface area contributed by atoms with Gasteiger partial charge in [-0.15, -0.1) is 0 Å². The second-order valence-corrected chi connectivity index (χ2v) is 9.80. The molecule has 1 amide bonds. The SMILES string of the molecule is CC(C)c1ccccc1OCC(=O)O[C@H](C)C(=O)NC12CC3CC(CC(C3)C1)C2. The lowest BCUT2D eigenvalue weighted by atomic mass is 9.53. The summed E-state index contributed by atoms with van der Waals surface area (Å²) >= 11 is 0. The average molecular weight is 400 g/mol. The Kier molecular flexibility index (Phi) is 5.58. The quantitative estimate of drug-likeness (QED) is 0.698. The number of rotatable bonds is 7. The standard InChI is InChI=1S/C24H33NO4/c1-15(2)20-6-4-5-7-21(20)28-14-22(26)29-16(3)23(27)25-24-11-17-8-18(12-24)10-19(9-17)13-24/h4-7,15-19H,8-14H2,1-3H3,(H,25,27)/t16-,17?,18?,19?,24?/m1/s1. The third-order valence-corrected chi connectivity index (χ3v) is 6.99. The van der Waals surface area contributed by atoms with E-state index >= 15 is 0 Å². The zero-order chi connectivity index (χ0) is 20.6. The molecule has 0 heterocycles. The highest BCUT2D eigenvalue weighted by Gasteiger charge is 2.51. The fourth-order valence-electron chi connectivity index (χ4n) is 6.14. The van der Waals surface area contributed by atoms with Crippen molar-refractivity contribution in [3.05, 3.63) is 29.8 Å². The lowest BCUT2D eigenvalue weighted by Gasteiger charge is -2.57. The van der Waals surface area contributed by atoms with Crippen molar-refractivity contribution < 1.29 is 19.1 Å². The maximum atomic E-state index is 12.8. The highest BCUT2D eigenvalue weighted by molar-refractivity contribution is 5.84. The maximum Gasteiger partial charge on any atom is 0.344 e. The van der Waals surface area contributed by atoms with Crippen LogP contribution in [-0.2, 0) is 14.3 Å². The van der Waals surface area contributed by atoms with Crippen molar-refractivity contribution in [3.8, 4) is 5.75 Å². The number of carbonyl (C=O) groups is 2. The van der Waals surface area contributed by atoms with Crippen LogP contribution in [0, 0.1) is 17.8 Å². The lowest BCUT2D eigenvalue weighted by Crippen LogP contribution is -2.61. The number of esters is 1. The molecule has 5 rings (SSSR count). The van der Waals surface area contributed by atoms with Gasteiger partial charge in [-0.05, 0) is 80.8 Å². The van der Waals surface area contributed by atoms with Gasteiger partial charge in [-0.25, -0.2) is 4.79 Å². The van der Waals surface area contributed by atoms with Gasteiger partial charge in [0.05, 0.1) is 0 Å². The molecule has 4 fully saturated rings. The zero-order valence-corrected chi connectivity index (χ0v) is 17.8. The van der Waals surface area contributed by atoms with E-state index < -0.39 is 12.1 Å². The first-order chi connectivity index (χ1) is 13.8. The molecule has 0 unspecified atom stereocenters. The van der Waals surface area contributed by atoms with E-state index in [0.29, 0.717) is 11.7 Å². The fourth-order valence-corrected chi connectivity index (χ4v) is 6.14. The smallest absolute Gasteiger partial charge is 0.344 e. The predicted octanol–water partition coefficient (Wildman–Crippen LogP) is 4.21. The van der Waals surface area contributed by atoms with E-state index in [0.717, 1.165) is 42.6 Å². The van der Waals surface area contributed by atoms with Gasteiger partial charge in [0.2, 0.25) is 0 Å². The monoisotopic (exact) mass is 399 g/mol. The minimum atomic E-state index is -0.806. The van der Waals surface area contributed by atoms with Gasteiger partial charge < -0.3 is 14.8 Å². The molecule has 4 aliphatic carbocycles. The van der Waals surface area contributed by atoms with Crippen molar-refractivity contribution in [2.75, 3.05) is 6.61 Å². The first kappa shape index (κ1) is 20.2. The number of para-hydroxylation sites is 1. The first-order valence-corrected chi connectivity index (χ1v) is 11.1. The number of carbonyl (C=O) groups excluding carboxylic acids is 2. The van der Waals surface area contributed by atoms with E-state index in [4.69, 9.17) is 9.47 Å². The maximum absolute atomic E-state index is 12.8. The minimum absolute atomic E-state index is 0.0702. The van der Waals surface area contributed by atoms with Crippen LogP contribution in [0.1, 0.15) is 70.8 Å². The molecule has 1 aromatic rings. The molecule has 5 heteroatoms. The Labute approximate surface area is 173 Å². The van der Waals surface area contributed by atoms with Crippen LogP contribution in [0.2, 0.25) is 0 Å². The van der Waals surface area contributed by atoms with Crippen LogP contribution in [-0.4, -0.2) is 30.1 Å². The van der Waals surface area contributed by atoms with Crippen molar-refractivity contribution in [2.24, 2.45) is 17.8 Å². The summed E-state index contributed by atoms with van der Waals surface area (Å²) in [5.41, 5.74) is 0.979. The molecular weight excluding hydrogens is 366 g/mol. The summed E-state index contributed by atoms with van der Waals surface area (Å²) < 4.78 is 11.0. The molecule has 0 aliphatic heterocycles. The van der Waals surface area contributed by atoms with Gasteiger partial charge in [0.15, 0.2) is 12.7 Å². The van der Waals surface area contributed by atoms with Gasteiger partial charge in [-0.1, -0.05) is 32.0 Å². The van der Waals surface area contributed by atoms with Crippen LogP contribution in [0.25, 0.3) is 0 Å². The summed E-state index contributed by atoms with van der Waals surface area (Å²) in [7, 11) is 0. The van der Waals surface area contributed by atoms with Gasteiger partial charge >= 0.3 is 5.97 Å². The van der Waals surface area contributed by atoms with E-state index in [-0.39, 0.29) is 18.1 Å². The largest absolute Gasteiger partial charge is 0.482 e. The summed E-state index contributed by atoms with van der Waals surface area (Å²) in [5, 5.41) is 3.27. The number of hydrogen-bond acceptors (Lipinski definition) is 4. The number of hydrogen-bond donors (Lipinski definition) is 1. The fraction of sp³-hybridized carbons (Fsp3) is 0.667. The topological polar surface area (TPSA) is 64.6 Å². The van der Waals surface area contributed by atoms with Crippen molar-refractivity contribution >= 4 is 11.9 Å². The molecule has 4 saturated carbocycles. The zero-order valence-electron chi connectivity index (χ0n) is 17.8. The van der Waals surface area contributed by atoms with Gasteiger partial charge in [0.1, 0.15) is 5.75 Å². The summed E-state index contributed by atoms with van der Waals surface area (Å²) in [5.74, 6) is 2.56. The number of ether oxygens (including phenoxy) is 2. The highest BCUT2D eigenvalue weighted by Crippen LogP contribution is 2.55. The van der Waals surface area contributed by atoms with Crippen molar-refractivity contribution in [3.63, 3.8) is 0 Å². The molecule has 5 nitrogen and oxygen atoms in total. The molecule has 0 spiro atoms. The molecule has 0 aromatic heterocycles. The molecule has 29 heavy (non-hydrogen) atoms. The lowest BCUT2D eigenvalue weighted by molar-refractivity contribution is -0.158. The summed E-state index contributed by atoms with van der Waals surface area (Å²) in [6, 6.07) is 7.68. The molecule has 1 N–H and O–H groups in total. The number of amides is 1. The third-order valence-electron chi connectivity index (χ3n) is 6.99. The Hall–Kier alpha value is -2.04. The second kappa shape index (κ2) is 8.00. The van der Waals surface area contributed by atoms with E-state index in [1.54, 1.807) is 6.92 Å². The van der Waals surface area contributed by atoms with Crippen LogP contribution in [0.4, 0.5) is 0 Å². The number of nitrogens with one attached hydrogen (secondary N) is 1. The van der Waals surface area contributed by atoms with Crippen LogP contribution >= 0.6 is 0 Å². The Morgan fingerprint density at radius 1 is 1.03 bits per heavy atom. The van der Waals surface area contributed by atoms with Crippen molar-refractivity contribution in [1.29, 1.82) is 0 Å². The number of benzene rings is 1. The first-order valence-electron chi connectivity index (χ1n) is 11.1. The average Bonchev–Trinajstić information content (AvgIpc) is 2.65. The summed E-state index contributed by atoms with van der Waals surface area (Å²) in [6.07, 6.45) is 6.43. The van der Waals surface area contributed by atoms with E-state index in [1.807, 2.05) is 24.3 Å². The minimum Gasteiger partial charge on any atom is -0.482 e. The van der Waals surface area contributed by atoms with Gasteiger partial charge in [-0.2, -0.15) is 0 Å². The molecule has 4 bridgehead atoms. The van der Waals surface area contributed by atoms with E-state index in [9.17, 15) is 9.59 Å². The Balaban J connectivity index is 1.28. The molecule has 0 radical (unpaired) electrons. The predicted molar refractivity (Wildman–Crippen MR) is 111 cm³/mol. The molecule has 4 aliphatic rings. The normalized spacial score (nSPS) is 30.8. The molecule has 0 saturated heterocycles. The Morgan fingerprint density at radius 2 is 1.62 bits per heavy atom. The highest BCUT2D eigenvalue weighted by atomic mass is 16.6.